The summed E-state index contributed by atoms with van der Waals surface area (Å²) in [7, 11) is 0. The van der Waals surface area contributed by atoms with Crippen molar-refractivity contribution in [3.63, 3.8) is 0 Å². The van der Waals surface area contributed by atoms with Crippen molar-refractivity contribution in [3.05, 3.63) is 64.2 Å². The van der Waals surface area contributed by atoms with E-state index >= 15 is 0 Å². The third-order valence-corrected chi connectivity index (χ3v) is 5.38. The van der Waals surface area contributed by atoms with Crippen LogP contribution in [0, 0.1) is 6.92 Å². The third-order valence-electron chi connectivity index (χ3n) is 5.38. The molecule has 1 fully saturated rings. The van der Waals surface area contributed by atoms with Gasteiger partial charge in [0.05, 0.1) is 35.0 Å². The van der Waals surface area contributed by atoms with Crippen LogP contribution in [0.3, 0.4) is 0 Å². The summed E-state index contributed by atoms with van der Waals surface area (Å²) in [6.07, 6.45) is 1.53. The van der Waals surface area contributed by atoms with Gasteiger partial charge >= 0.3 is 5.97 Å². The molecular formula is C22H20N2O6. The second-order valence-electron chi connectivity index (χ2n) is 7.37. The summed E-state index contributed by atoms with van der Waals surface area (Å²) in [5.74, 6) is -2.58. The van der Waals surface area contributed by atoms with Crippen LogP contribution >= 0.6 is 0 Å². The van der Waals surface area contributed by atoms with Crippen LogP contribution in [0.25, 0.3) is 0 Å². The van der Waals surface area contributed by atoms with E-state index in [2.05, 4.69) is 5.32 Å². The summed E-state index contributed by atoms with van der Waals surface area (Å²) in [5, 5.41) is 12.0. The van der Waals surface area contributed by atoms with E-state index in [1.807, 2.05) is 0 Å². The maximum atomic E-state index is 12.8. The third kappa shape index (κ3) is 3.46. The first-order valence-electron chi connectivity index (χ1n) is 9.63. The van der Waals surface area contributed by atoms with E-state index in [9.17, 15) is 24.3 Å². The SMILES string of the molecule is Cc1cccc(C(=O)O)c1NC(=O)c1ccc2c(c1)C(=O)N(C[C@@H]1CCCO1)C2=O. The fraction of sp³-hybridized carbons (Fsp3) is 0.273. The largest absolute Gasteiger partial charge is 0.478 e. The number of aromatic carboxylic acids is 1. The van der Waals surface area contributed by atoms with Gasteiger partial charge in [-0.2, -0.15) is 0 Å². The van der Waals surface area contributed by atoms with Crippen molar-refractivity contribution in [2.75, 3.05) is 18.5 Å². The van der Waals surface area contributed by atoms with Crippen molar-refractivity contribution in [2.24, 2.45) is 0 Å². The topological polar surface area (TPSA) is 113 Å². The van der Waals surface area contributed by atoms with Crippen LogP contribution < -0.4 is 5.32 Å². The Labute approximate surface area is 172 Å². The molecule has 0 radical (unpaired) electrons. The van der Waals surface area contributed by atoms with E-state index in [1.165, 1.54) is 24.3 Å². The maximum Gasteiger partial charge on any atom is 0.337 e. The van der Waals surface area contributed by atoms with Crippen molar-refractivity contribution in [2.45, 2.75) is 25.9 Å². The molecule has 3 amide bonds. The van der Waals surface area contributed by atoms with E-state index in [0.717, 1.165) is 17.7 Å². The quantitative estimate of drug-likeness (QED) is 0.736. The molecule has 2 aromatic rings. The second-order valence-corrected chi connectivity index (χ2v) is 7.37. The van der Waals surface area contributed by atoms with Gasteiger partial charge in [-0.05, 0) is 49.6 Å². The van der Waals surface area contributed by atoms with Crippen molar-refractivity contribution in [1.29, 1.82) is 0 Å². The highest BCUT2D eigenvalue weighted by molar-refractivity contribution is 6.22. The number of para-hydroxylation sites is 1. The Morgan fingerprint density at radius 3 is 2.63 bits per heavy atom. The summed E-state index contributed by atoms with van der Waals surface area (Å²) in [6, 6.07) is 8.97. The van der Waals surface area contributed by atoms with Gasteiger partial charge in [0.1, 0.15) is 0 Å². The molecule has 2 N–H and O–H groups in total. The summed E-state index contributed by atoms with van der Waals surface area (Å²) in [6.45, 7) is 2.50. The highest BCUT2D eigenvalue weighted by Crippen LogP contribution is 2.27. The van der Waals surface area contributed by atoms with Gasteiger partial charge in [-0.15, -0.1) is 0 Å². The molecule has 0 spiro atoms. The molecule has 1 saturated heterocycles. The smallest absolute Gasteiger partial charge is 0.337 e. The molecule has 4 rings (SSSR count). The number of nitrogens with zero attached hydrogens (tertiary/aromatic N) is 1. The van der Waals surface area contributed by atoms with Crippen LogP contribution in [0.2, 0.25) is 0 Å². The number of nitrogens with one attached hydrogen (secondary N) is 1. The molecule has 2 aromatic carbocycles. The average molecular weight is 408 g/mol. The zero-order chi connectivity index (χ0) is 21.4. The predicted molar refractivity (Wildman–Crippen MR) is 107 cm³/mol. The van der Waals surface area contributed by atoms with Crippen LogP contribution in [0.5, 0.6) is 0 Å². The zero-order valence-corrected chi connectivity index (χ0v) is 16.3. The van der Waals surface area contributed by atoms with Crippen molar-refractivity contribution in [3.8, 4) is 0 Å². The van der Waals surface area contributed by atoms with Gasteiger partial charge in [0.15, 0.2) is 0 Å². The molecule has 0 aromatic heterocycles. The molecular weight excluding hydrogens is 388 g/mol. The summed E-state index contributed by atoms with van der Waals surface area (Å²) in [4.78, 5) is 50.7. The molecule has 0 aliphatic carbocycles. The van der Waals surface area contributed by atoms with E-state index < -0.39 is 23.7 Å². The van der Waals surface area contributed by atoms with E-state index in [0.29, 0.717) is 12.2 Å². The van der Waals surface area contributed by atoms with Crippen LogP contribution in [0.15, 0.2) is 36.4 Å². The van der Waals surface area contributed by atoms with Crippen molar-refractivity contribution >= 4 is 29.4 Å². The lowest BCUT2D eigenvalue weighted by atomic mass is 10.0. The number of carbonyl (C=O) groups is 4. The first-order valence-corrected chi connectivity index (χ1v) is 9.63. The number of ether oxygens (including phenoxy) is 1. The number of carboxylic acid groups (broad SMARTS) is 1. The Balaban J connectivity index is 1.58. The fourth-order valence-corrected chi connectivity index (χ4v) is 3.79. The molecule has 2 aliphatic rings. The maximum absolute atomic E-state index is 12.8. The van der Waals surface area contributed by atoms with Gasteiger partial charge in [0.2, 0.25) is 0 Å². The molecule has 1 atom stereocenters. The molecule has 2 aliphatic heterocycles. The van der Waals surface area contributed by atoms with Gasteiger partial charge in [0.25, 0.3) is 17.7 Å². The molecule has 8 nitrogen and oxygen atoms in total. The number of anilines is 1. The predicted octanol–water partition coefficient (Wildman–Crippen LogP) is 2.72. The lowest BCUT2D eigenvalue weighted by molar-refractivity contribution is 0.0475. The van der Waals surface area contributed by atoms with E-state index in [1.54, 1.807) is 19.1 Å². The monoisotopic (exact) mass is 408 g/mol. The minimum Gasteiger partial charge on any atom is -0.478 e. The van der Waals surface area contributed by atoms with Crippen LogP contribution in [-0.4, -0.2) is 53.0 Å². The standard InChI is InChI=1S/C22H20N2O6/c1-12-4-2-6-16(22(28)29)18(12)23-19(25)13-7-8-15-17(10-13)21(27)24(20(15)26)11-14-5-3-9-30-14/h2,4,6-8,10,14H,3,5,9,11H2,1H3,(H,23,25)(H,28,29)/t14-/m0/s1. The average Bonchev–Trinajstić information content (AvgIpc) is 3.32. The number of rotatable bonds is 5. The number of carbonyl (C=O) groups excluding carboxylic acids is 3. The molecule has 154 valence electrons. The Hall–Kier alpha value is -3.52. The van der Waals surface area contributed by atoms with Crippen molar-refractivity contribution in [1.82, 2.24) is 4.90 Å². The van der Waals surface area contributed by atoms with Gasteiger partial charge < -0.3 is 15.2 Å². The van der Waals surface area contributed by atoms with Gasteiger partial charge in [0, 0.05) is 12.2 Å². The number of carboxylic acids is 1. The first kappa shape index (κ1) is 19.8. The molecule has 8 heteroatoms. The van der Waals surface area contributed by atoms with Crippen molar-refractivity contribution < 1.29 is 29.0 Å². The molecule has 0 bridgehead atoms. The lowest BCUT2D eigenvalue weighted by Gasteiger charge is -2.17. The highest BCUT2D eigenvalue weighted by atomic mass is 16.5. The normalized spacial score (nSPS) is 17.9. The summed E-state index contributed by atoms with van der Waals surface area (Å²) >= 11 is 0. The van der Waals surface area contributed by atoms with E-state index in [-0.39, 0.29) is 40.6 Å². The molecule has 0 unspecified atom stereocenters. The van der Waals surface area contributed by atoms with Gasteiger partial charge in [-0.1, -0.05) is 12.1 Å². The Morgan fingerprint density at radius 2 is 1.93 bits per heavy atom. The zero-order valence-electron chi connectivity index (χ0n) is 16.3. The first-order chi connectivity index (χ1) is 14.4. The Kier molecular flexibility index (Phi) is 5.09. The minimum absolute atomic E-state index is 0.0292. The van der Waals surface area contributed by atoms with Crippen LogP contribution in [0.1, 0.15) is 59.8 Å². The van der Waals surface area contributed by atoms with Gasteiger partial charge in [-0.25, -0.2) is 4.79 Å². The molecule has 0 saturated carbocycles. The Morgan fingerprint density at radius 1 is 1.17 bits per heavy atom. The van der Waals surface area contributed by atoms with Crippen LogP contribution in [-0.2, 0) is 4.74 Å². The number of imide groups is 1. The second kappa shape index (κ2) is 7.72. The number of hydrogen-bond acceptors (Lipinski definition) is 5. The molecule has 2 heterocycles. The number of hydrogen-bond donors (Lipinski definition) is 2. The van der Waals surface area contributed by atoms with Gasteiger partial charge in [-0.3, -0.25) is 19.3 Å². The molecule has 30 heavy (non-hydrogen) atoms. The van der Waals surface area contributed by atoms with E-state index in [4.69, 9.17) is 4.74 Å². The summed E-state index contributed by atoms with van der Waals surface area (Å²) < 4.78 is 5.52. The Bertz CT molecular complexity index is 1070. The summed E-state index contributed by atoms with van der Waals surface area (Å²) in [5.41, 5.74) is 1.33. The number of amides is 3. The number of aryl methyl sites for hydroxylation is 1. The number of fused-ring (bicyclic) bond motifs is 1. The van der Waals surface area contributed by atoms with Crippen LogP contribution in [0.4, 0.5) is 5.69 Å². The fourth-order valence-electron chi connectivity index (χ4n) is 3.79. The number of benzene rings is 2. The highest BCUT2D eigenvalue weighted by Gasteiger charge is 2.38. The minimum atomic E-state index is -1.16. The lowest BCUT2D eigenvalue weighted by Crippen LogP contribution is -2.36.